The molecule has 0 atom stereocenters. The fourth-order valence-corrected chi connectivity index (χ4v) is 1.31. The van der Waals surface area contributed by atoms with Gasteiger partial charge >= 0.3 is 0 Å². The molecule has 0 aliphatic rings. The minimum Gasteiger partial charge on any atom is -0.437 e. The number of benzene rings is 1. The van der Waals surface area contributed by atoms with Gasteiger partial charge in [0.2, 0.25) is 5.88 Å². The van der Waals surface area contributed by atoms with Crippen LogP contribution in [0.1, 0.15) is 5.69 Å². The molecule has 17 heavy (non-hydrogen) atoms. The molecule has 0 bridgehead atoms. The quantitative estimate of drug-likeness (QED) is 0.915. The summed E-state index contributed by atoms with van der Waals surface area (Å²) in [7, 11) is 0. The van der Waals surface area contributed by atoms with E-state index in [2.05, 4.69) is 9.97 Å². The van der Waals surface area contributed by atoms with Crippen molar-refractivity contribution in [2.24, 2.45) is 0 Å². The molecule has 0 saturated heterocycles. The Kier molecular flexibility index (Phi) is 3.51. The van der Waals surface area contributed by atoms with Gasteiger partial charge < -0.3 is 9.84 Å². The van der Waals surface area contributed by atoms with Gasteiger partial charge in [0.25, 0.3) is 0 Å². The van der Waals surface area contributed by atoms with Crippen LogP contribution < -0.4 is 4.74 Å². The van der Waals surface area contributed by atoms with Crippen LogP contribution in [0.5, 0.6) is 11.6 Å². The van der Waals surface area contributed by atoms with Crippen LogP contribution in [0.15, 0.2) is 30.6 Å². The highest BCUT2D eigenvalue weighted by Crippen LogP contribution is 2.24. The fraction of sp³-hybridized carbons (Fsp3) is 0.0909. The molecule has 0 saturated carbocycles. The van der Waals surface area contributed by atoms with Crippen LogP contribution >= 0.6 is 11.6 Å². The maximum absolute atomic E-state index is 12.9. The number of aliphatic hydroxyl groups excluding tert-OH is 1. The number of aromatic nitrogens is 2. The minimum absolute atomic E-state index is 0.0255. The lowest BCUT2D eigenvalue weighted by Crippen LogP contribution is -1.93. The van der Waals surface area contributed by atoms with Gasteiger partial charge in [-0.2, -0.15) is 0 Å². The maximum Gasteiger partial charge on any atom is 0.237 e. The Morgan fingerprint density at radius 3 is 2.71 bits per heavy atom. The van der Waals surface area contributed by atoms with Crippen LogP contribution in [0, 0.1) is 5.82 Å². The smallest absolute Gasteiger partial charge is 0.237 e. The molecule has 1 aromatic carbocycles. The number of halogens is 2. The van der Waals surface area contributed by atoms with Crippen molar-refractivity contribution < 1.29 is 14.2 Å². The molecular formula is C11H8ClFN2O2. The summed E-state index contributed by atoms with van der Waals surface area (Å²) in [5, 5.41) is 8.76. The highest BCUT2D eigenvalue weighted by molar-refractivity contribution is 6.30. The largest absolute Gasteiger partial charge is 0.437 e. The SMILES string of the molecule is OCc1cnc(Oc2ccc(F)c(Cl)c2)cn1. The van der Waals surface area contributed by atoms with Crippen LogP contribution in [0.4, 0.5) is 4.39 Å². The third-order valence-electron chi connectivity index (χ3n) is 1.96. The standard InChI is InChI=1S/C11H8ClFN2O2/c12-9-3-8(1-2-10(9)13)17-11-5-14-7(6-16)4-15-11/h1-5,16H,6H2. The van der Waals surface area contributed by atoms with Crippen molar-refractivity contribution in [3.63, 3.8) is 0 Å². The summed E-state index contributed by atoms with van der Waals surface area (Å²) in [6.45, 7) is -0.185. The first kappa shape index (κ1) is 11.8. The monoisotopic (exact) mass is 254 g/mol. The lowest BCUT2D eigenvalue weighted by molar-refractivity contribution is 0.276. The Morgan fingerprint density at radius 1 is 1.29 bits per heavy atom. The van der Waals surface area contributed by atoms with Crippen molar-refractivity contribution in [1.29, 1.82) is 0 Å². The second kappa shape index (κ2) is 5.07. The summed E-state index contributed by atoms with van der Waals surface area (Å²) < 4.78 is 18.2. The first-order valence-electron chi connectivity index (χ1n) is 4.73. The molecule has 0 unspecified atom stereocenters. The molecule has 0 aliphatic heterocycles. The van der Waals surface area contributed by atoms with Crippen molar-refractivity contribution in [3.05, 3.63) is 47.1 Å². The molecule has 0 aliphatic carbocycles. The molecule has 0 spiro atoms. The first-order valence-corrected chi connectivity index (χ1v) is 5.11. The predicted octanol–water partition coefficient (Wildman–Crippen LogP) is 2.55. The molecule has 1 aromatic heterocycles. The van der Waals surface area contributed by atoms with Crippen LogP contribution in [0.25, 0.3) is 0 Å². The highest BCUT2D eigenvalue weighted by atomic mass is 35.5. The third-order valence-corrected chi connectivity index (χ3v) is 2.25. The second-order valence-electron chi connectivity index (χ2n) is 3.18. The van der Waals surface area contributed by atoms with Gasteiger partial charge in [0.05, 0.1) is 29.7 Å². The van der Waals surface area contributed by atoms with Gasteiger partial charge in [-0.3, -0.25) is 4.98 Å². The fourth-order valence-electron chi connectivity index (χ4n) is 1.14. The van der Waals surface area contributed by atoms with Crippen molar-refractivity contribution in [1.82, 2.24) is 9.97 Å². The molecule has 0 fully saturated rings. The molecule has 0 radical (unpaired) electrons. The summed E-state index contributed by atoms with van der Waals surface area (Å²) in [4.78, 5) is 7.80. The zero-order valence-corrected chi connectivity index (χ0v) is 9.36. The number of nitrogens with zero attached hydrogens (tertiary/aromatic N) is 2. The summed E-state index contributed by atoms with van der Waals surface area (Å²) in [5.74, 6) is 0.0908. The van der Waals surface area contributed by atoms with E-state index in [9.17, 15) is 4.39 Å². The molecule has 2 aromatic rings. The predicted molar refractivity (Wildman–Crippen MR) is 59.4 cm³/mol. The van der Waals surface area contributed by atoms with Gasteiger partial charge in [-0.05, 0) is 12.1 Å². The maximum atomic E-state index is 12.9. The lowest BCUT2D eigenvalue weighted by Gasteiger charge is -2.05. The lowest BCUT2D eigenvalue weighted by atomic mass is 10.3. The second-order valence-corrected chi connectivity index (χ2v) is 3.59. The molecule has 4 nitrogen and oxygen atoms in total. The summed E-state index contributed by atoms with van der Waals surface area (Å²) in [6.07, 6.45) is 2.75. The summed E-state index contributed by atoms with van der Waals surface area (Å²) in [6, 6.07) is 3.98. The Hall–Kier alpha value is -1.72. The zero-order chi connectivity index (χ0) is 12.3. The van der Waals surface area contributed by atoms with Crippen molar-refractivity contribution >= 4 is 11.6 Å². The van der Waals surface area contributed by atoms with E-state index in [1.54, 1.807) is 0 Å². The molecular weight excluding hydrogens is 247 g/mol. The molecule has 88 valence electrons. The Morgan fingerprint density at radius 2 is 2.12 bits per heavy atom. The van der Waals surface area contributed by atoms with E-state index in [0.29, 0.717) is 11.4 Å². The first-order chi connectivity index (χ1) is 8.19. The number of aliphatic hydroxyl groups is 1. The highest BCUT2D eigenvalue weighted by Gasteiger charge is 2.04. The third kappa shape index (κ3) is 2.89. The number of hydrogen-bond acceptors (Lipinski definition) is 4. The van der Waals surface area contributed by atoms with E-state index in [1.807, 2.05) is 0 Å². The van der Waals surface area contributed by atoms with Gasteiger partial charge in [-0.1, -0.05) is 11.6 Å². The topological polar surface area (TPSA) is 55.2 Å². The van der Waals surface area contributed by atoms with E-state index in [1.165, 1.54) is 30.6 Å². The number of hydrogen-bond donors (Lipinski definition) is 1. The van der Waals surface area contributed by atoms with E-state index in [-0.39, 0.29) is 17.5 Å². The average Bonchev–Trinajstić information content (AvgIpc) is 2.35. The molecule has 6 heteroatoms. The zero-order valence-electron chi connectivity index (χ0n) is 8.60. The Bertz CT molecular complexity index is 519. The van der Waals surface area contributed by atoms with Gasteiger partial charge in [-0.25, -0.2) is 9.37 Å². The Labute approximate surface area is 102 Å². The van der Waals surface area contributed by atoms with E-state index < -0.39 is 5.82 Å². The van der Waals surface area contributed by atoms with E-state index in [0.717, 1.165) is 0 Å². The Balaban J connectivity index is 2.16. The summed E-state index contributed by atoms with van der Waals surface area (Å²) in [5.41, 5.74) is 0.439. The van der Waals surface area contributed by atoms with Gasteiger partial charge in [0, 0.05) is 6.07 Å². The summed E-state index contributed by atoms with van der Waals surface area (Å²) >= 11 is 5.60. The van der Waals surface area contributed by atoms with Crippen LogP contribution in [-0.4, -0.2) is 15.1 Å². The molecule has 0 amide bonds. The van der Waals surface area contributed by atoms with Crippen molar-refractivity contribution in [2.75, 3.05) is 0 Å². The molecule has 1 N–H and O–H groups in total. The minimum atomic E-state index is -0.513. The van der Waals surface area contributed by atoms with Gasteiger partial charge in [0.15, 0.2) is 0 Å². The molecule has 2 rings (SSSR count). The van der Waals surface area contributed by atoms with Crippen LogP contribution in [0.3, 0.4) is 0 Å². The number of rotatable bonds is 3. The number of ether oxygens (including phenoxy) is 1. The van der Waals surface area contributed by atoms with E-state index >= 15 is 0 Å². The van der Waals surface area contributed by atoms with Crippen LogP contribution in [-0.2, 0) is 6.61 Å². The molecule has 1 heterocycles. The van der Waals surface area contributed by atoms with Gasteiger partial charge in [-0.15, -0.1) is 0 Å². The average molecular weight is 255 g/mol. The normalized spacial score (nSPS) is 10.3. The van der Waals surface area contributed by atoms with Crippen LogP contribution in [0.2, 0.25) is 5.02 Å². The van der Waals surface area contributed by atoms with E-state index in [4.69, 9.17) is 21.4 Å². The van der Waals surface area contributed by atoms with Gasteiger partial charge in [0.1, 0.15) is 11.6 Å². The van der Waals surface area contributed by atoms with Crippen molar-refractivity contribution in [2.45, 2.75) is 6.61 Å². The van der Waals surface area contributed by atoms with Crippen molar-refractivity contribution in [3.8, 4) is 11.6 Å².